The number of para-hydroxylation sites is 1. The molecule has 0 spiro atoms. The van der Waals surface area contributed by atoms with Crippen molar-refractivity contribution in [1.29, 1.82) is 0 Å². The van der Waals surface area contributed by atoms with Crippen molar-refractivity contribution < 1.29 is 4.79 Å². The van der Waals surface area contributed by atoms with Crippen LogP contribution in [0.4, 0.5) is 11.4 Å². The van der Waals surface area contributed by atoms with E-state index in [2.05, 4.69) is 34.6 Å². The van der Waals surface area contributed by atoms with Gasteiger partial charge in [0.2, 0.25) is 5.91 Å². The van der Waals surface area contributed by atoms with Gasteiger partial charge < -0.3 is 10.2 Å². The Kier molecular flexibility index (Phi) is 3.65. The topological polar surface area (TPSA) is 45.2 Å². The molecule has 3 aromatic rings. The molecule has 1 aliphatic rings. The Morgan fingerprint density at radius 3 is 2.79 bits per heavy atom. The third kappa shape index (κ3) is 2.71. The van der Waals surface area contributed by atoms with E-state index in [9.17, 15) is 4.79 Å². The number of benzene rings is 2. The second kappa shape index (κ2) is 5.96. The normalized spacial score (nSPS) is 13.9. The molecule has 1 fully saturated rings. The first-order valence-corrected chi connectivity index (χ1v) is 8.20. The van der Waals surface area contributed by atoms with Crippen LogP contribution in [0.2, 0.25) is 0 Å². The fourth-order valence-corrected chi connectivity index (χ4v) is 3.07. The predicted molar refractivity (Wildman–Crippen MR) is 97.2 cm³/mol. The second-order valence-electron chi connectivity index (χ2n) is 6.15. The first-order chi connectivity index (χ1) is 11.7. The van der Waals surface area contributed by atoms with Crippen molar-refractivity contribution >= 4 is 28.2 Å². The van der Waals surface area contributed by atoms with Crippen LogP contribution >= 0.6 is 0 Å². The molecule has 24 heavy (non-hydrogen) atoms. The van der Waals surface area contributed by atoms with Crippen molar-refractivity contribution in [3.63, 3.8) is 0 Å². The summed E-state index contributed by atoms with van der Waals surface area (Å²) in [7, 11) is 0. The van der Waals surface area contributed by atoms with Crippen LogP contribution in [0, 0.1) is 6.92 Å². The van der Waals surface area contributed by atoms with Gasteiger partial charge in [-0.2, -0.15) is 0 Å². The Hall–Kier alpha value is -2.88. The van der Waals surface area contributed by atoms with Gasteiger partial charge in [-0.15, -0.1) is 0 Å². The monoisotopic (exact) mass is 317 g/mol. The Bertz CT molecular complexity index is 920. The summed E-state index contributed by atoms with van der Waals surface area (Å²) in [6.45, 7) is 3.54. The van der Waals surface area contributed by atoms with Crippen LogP contribution in [-0.2, 0) is 11.3 Å². The molecule has 2 heterocycles. The molecule has 120 valence electrons. The predicted octanol–water partition coefficient (Wildman–Crippen LogP) is 3.89. The first kappa shape index (κ1) is 14.7. The van der Waals surface area contributed by atoms with Crippen LogP contribution in [0.1, 0.15) is 17.7 Å². The van der Waals surface area contributed by atoms with E-state index in [-0.39, 0.29) is 5.91 Å². The molecular formula is C20H19N3O. The number of carbonyl (C=O) groups excluding carboxylic acids is 1. The van der Waals surface area contributed by atoms with Crippen molar-refractivity contribution in [2.24, 2.45) is 0 Å². The largest absolute Gasteiger partial charge is 0.380 e. The van der Waals surface area contributed by atoms with E-state index < -0.39 is 0 Å². The SMILES string of the molecule is Cc1cc(NCc2cccc(N3CCC3=O)c2)c2ccccc2n1. The molecule has 2 aromatic carbocycles. The van der Waals surface area contributed by atoms with Crippen molar-refractivity contribution in [2.75, 3.05) is 16.8 Å². The number of aryl methyl sites for hydroxylation is 1. The summed E-state index contributed by atoms with van der Waals surface area (Å²) in [5.41, 5.74) is 5.23. The molecule has 0 aliphatic carbocycles. The summed E-state index contributed by atoms with van der Waals surface area (Å²) in [6, 6.07) is 18.4. The lowest BCUT2D eigenvalue weighted by Crippen LogP contribution is -2.43. The molecule has 0 unspecified atom stereocenters. The van der Waals surface area contributed by atoms with Crippen LogP contribution in [0.5, 0.6) is 0 Å². The van der Waals surface area contributed by atoms with Gasteiger partial charge in [-0.1, -0.05) is 30.3 Å². The average molecular weight is 317 g/mol. The highest BCUT2D eigenvalue weighted by atomic mass is 16.2. The molecule has 0 bridgehead atoms. The Morgan fingerprint density at radius 2 is 2.00 bits per heavy atom. The number of amides is 1. The molecule has 1 aliphatic heterocycles. The van der Waals surface area contributed by atoms with E-state index >= 15 is 0 Å². The van der Waals surface area contributed by atoms with E-state index in [0.29, 0.717) is 13.0 Å². The van der Waals surface area contributed by atoms with Crippen LogP contribution in [0.3, 0.4) is 0 Å². The summed E-state index contributed by atoms with van der Waals surface area (Å²) in [4.78, 5) is 18.0. The summed E-state index contributed by atoms with van der Waals surface area (Å²) in [5, 5.41) is 4.64. The molecule has 4 nitrogen and oxygen atoms in total. The minimum Gasteiger partial charge on any atom is -0.380 e. The van der Waals surface area contributed by atoms with E-state index in [4.69, 9.17) is 0 Å². The van der Waals surface area contributed by atoms with Gasteiger partial charge in [0, 0.05) is 42.0 Å². The van der Waals surface area contributed by atoms with E-state index in [1.54, 1.807) is 0 Å². The van der Waals surface area contributed by atoms with Crippen LogP contribution < -0.4 is 10.2 Å². The molecule has 4 heteroatoms. The smallest absolute Gasteiger partial charge is 0.228 e. The lowest BCUT2D eigenvalue weighted by atomic mass is 10.1. The third-order valence-electron chi connectivity index (χ3n) is 4.40. The molecule has 1 N–H and O–H groups in total. The zero-order valence-corrected chi connectivity index (χ0v) is 13.6. The number of aromatic nitrogens is 1. The van der Waals surface area contributed by atoms with E-state index in [0.717, 1.165) is 40.1 Å². The third-order valence-corrected chi connectivity index (χ3v) is 4.40. The molecule has 4 rings (SSSR count). The molecule has 0 radical (unpaired) electrons. The van der Waals surface area contributed by atoms with Gasteiger partial charge in [-0.05, 0) is 36.8 Å². The standard InChI is InChI=1S/C20H19N3O/c1-14-11-19(17-7-2-3-8-18(17)22-14)21-13-15-5-4-6-16(12-15)23-10-9-20(23)24/h2-8,11-12H,9-10,13H2,1H3,(H,21,22). The number of β-lactam (4-membered cyclic amide) rings is 1. The Balaban J connectivity index is 1.57. The summed E-state index contributed by atoms with van der Waals surface area (Å²) in [6.07, 6.45) is 0.657. The van der Waals surface area contributed by atoms with Crippen LogP contribution in [0.15, 0.2) is 54.6 Å². The molecule has 0 atom stereocenters. The highest BCUT2D eigenvalue weighted by Gasteiger charge is 2.24. The number of hydrogen-bond donors (Lipinski definition) is 1. The zero-order chi connectivity index (χ0) is 16.5. The molecular weight excluding hydrogens is 298 g/mol. The molecule has 1 aromatic heterocycles. The van der Waals surface area contributed by atoms with Crippen molar-refractivity contribution in [1.82, 2.24) is 4.98 Å². The van der Waals surface area contributed by atoms with Crippen molar-refractivity contribution in [2.45, 2.75) is 19.9 Å². The Labute approximate surface area is 141 Å². The first-order valence-electron chi connectivity index (χ1n) is 8.20. The number of anilines is 2. The lowest BCUT2D eigenvalue weighted by molar-refractivity contribution is -0.122. The number of hydrogen-bond acceptors (Lipinski definition) is 3. The van der Waals surface area contributed by atoms with Gasteiger partial charge in [0.05, 0.1) is 5.52 Å². The number of nitrogens with one attached hydrogen (secondary N) is 1. The minimum atomic E-state index is 0.205. The van der Waals surface area contributed by atoms with E-state index in [1.807, 2.05) is 42.2 Å². The van der Waals surface area contributed by atoms with E-state index in [1.165, 1.54) is 0 Å². The fraction of sp³-hybridized carbons (Fsp3) is 0.200. The minimum absolute atomic E-state index is 0.205. The molecule has 1 saturated heterocycles. The van der Waals surface area contributed by atoms with Gasteiger partial charge in [0.25, 0.3) is 0 Å². The lowest BCUT2D eigenvalue weighted by Gasteiger charge is -2.31. The van der Waals surface area contributed by atoms with Crippen LogP contribution in [0.25, 0.3) is 10.9 Å². The molecule has 0 saturated carbocycles. The average Bonchev–Trinajstić information content (AvgIpc) is 2.58. The van der Waals surface area contributed by atoms with Crippen molar-refractivity contribution in [3.05, 3.63) is 65.9 Å². The van der Waals surface area contributed by atoms with Crippen molar-refractivity contribution in [3.8, 4) is 0 Å². The second-order valence-corrected chi connectivity index (χ2v) is 6.15. The molecule has 1 amide bonds. The number of rotatable bonds is 4. The summed E-state index contributed by atoms with van der Waals surface area (Å²) >= 11 is 0. The summed E-state index contributed by atoms with van der Waals surface area (Å²) in [5.74, 6) is 0.205. The van der Waals surface area contributed by atoms with Gasteiger partial charge in [0.15, 0.2) is 0 Å². The summed E-state index contributed by atoms with van der Waals surface area (Å²) < 4.78 is 0. The maximum Gasteiger partial charge on any atom is 0.228 e. The Morgan fingerprint density at radius 1 is 1.12 bits per heavy atom. The highest BCUT2D eigenvalue weighted by Crippen LogP contribution is 2.25. The fourth-order valence-electron chi connectivity index (χ4n) is 3.07. The van der Waals surface area contributed by atoms with Crippen LogP contribution in [-0.4, -0.2) is 17.4 Å². The van der Waals surface area contributed by atoms with Gasteiger partial charge >= 0.3 is 0 Å². The number of carbonyl (C=O) groups is 1. The number of fused-ring (bicyclic) bond motifs is 1. The quantitative estimate of drug-likeness (QED) is 0.743. The van der Waals surface area contributed by atoms with Gasteiger partial charge in [-0.3, -0.25) is 9.78 Å². The maximum atomic E-state index is 11.6. The zero-order valence-electron chi connectivity index (χ0n) is 13.6. The number of pyridine rings is 1. The number of nitrogens with zero attached hydrogens (tertiary/aromatic N) is 2. The van der Waals surface area contributed by atoms with Gasteiger partial charge in [-0.25, -0.2) is 0 Å². The highest BCUT2D eigenvalue weighted by molar-refractivity contribution is 5.99. The maximum absolute atomic E-state index is 11.6. The van der Waals surface area contributed by atoms with Gasteiger partial charge in [0.1, 0.15) is 0 Å².